The fourth-order valence-corrected chi connectivity index (χ4v) is 2.60. The molecule has 0 spiro atoms. The molecule has 0 saturated heterocycles. The molecule has 17 heavy (non-hydrogen) atoms. The molecule has 2 nitrogen and oxygen atoms in total. The van der Waals surface area contributed by atoms with Crippen molar-refractivity contribution < 1.29 is 0 Å². The van der Waals surface area contributed by atoms with Crippen LogP contribution in [0.1, 0.15) is 28.7 Å². The lowest BCUT2D eigenvalue weighted by molar-refractivity contribution is 0.538. The van der Waals surface area contributed by atoms with Crippen LogP contribution < -0.4 is 5.32 Å². The van der Waals surface area contributed by atoms with Gasteiger partial charge in [0, 0.05) is 5.38 Å². The lowest BCUT2D eigenvalue weighted by Crippen LogP contribution is -2.17. The number of hydrogen-bond acceptors (Lipinski definition) is 3. The predicted molar refractivity (Wildman–Crippen MR) is 73.4 cm³/mol. The van der Waals surface area contributed by atoms with Crippen LogP contribution in [0.5, 0.6) is 0 Å². The second-order valence-electron chi connectivity index (χ2n) is 4.16. The fraction of sp³-hybridized carbons (Fsp3) is 0.357. The van der Waals surface area contributed by atoms with E-state index in [1.165, 1.54) is 11.3 Å². The van der Waals surface area contributed by atoms with Crippen LogP contribution in [0.3, 0.4) is 0 Å². The lowest BCUT2D eigenvalue weighted by atomic mass is 10.0. The largest absolute Gasteiger partial charge is 0.312 e. The molecule has 0 radical (unpaired) electrons. The number of nitrogens with zero attached hydrogens (tertiary/aromatic N) is 1. The first-order valence-corrected chi connectivity index (χ1v) is 6.81. The number of rotatable bonds is 5. The van der Waals surface area contributed by atoms with Crippen molar-refractivity contribution in [3.05, 3.63) is 52.0 Å². The van der Waals surface area contributed by atoms with Gasteiger partial charge >= 0.3 is 0 Å². The number of hydrogen-bond donors (Lipinski definition) is 1. The summed E-state index contributed by atoms with van der Waals surface area (Å²) in [4.78, 5) is 4.55. The van der Waals surface area contributed by atoms with Crippen molar-refractivity contribution in [3.63, 3.8) is 0 Å². The van der Waals surface area contributed by atoms with Gasteiger partial charge in [-0.15, -0.1) is 11.3 Å². The minimum Gasteiger partial charge on any atom is -0.312 e. The molecule has 1 aromatic heterocycles. The lowest BCUT2D eigenvalue weighted by Gasteiger charge is -2.13. The molecule has 0 aliphatic heterocycles. The highest BCUT2D eigenvalue weighted by molar-refractivity contribution is 7.09. The van der Waals surface area contributed by atoms with Crippen molar-refractivity contribution in [1.82, 2.24) is 10.3 Å². The van der Waals surface area contributed by atoms with E-state index in [9.17, 15) is 0 Å². The Bertz CT molecular complexity index is 450. The third kappa shape index (κ3) is 3.38. The van der Waals surface area contributed by atoms with Gasteiger partial charge in [0.2, 0.25) is 0 Å². The van der Waals surface area contributed by atoms with Crippen LogP contribution in [-0.4, -0.2) is 12.0 Å². The quantitative estimate of drug-likeness (QED) is 0.875. The maximum atomic E-state index is 4.55. The second kappa shape index (κ2) is 5.94. The van der Waals surface area contributed by atoms with E-state index in [0.717, 1.165) is 17.8 Å². The third-order valence-corrected chi connectivity index (χ3v) is 3.70. The van der Waals surface area contributed by atoms with E-state index < -0.39 is 0 Å². The van der Waals surface area contributed by atoms with Gasteiger partial charge in [-0.25, -0.2) is 4.98 Å². The molecule has 0 saturated carbocycles. The number of aryl methyl sites for hydroxylation is 2. The molecular formula is C14H18N2S. The van der Waals surface area contributed by atoms with Crippen LogP contribution >= 0.6 is 11.3 Å². The molecule has 2 rings (SSSR count). The molecule has 0 aliphatic carbocycles. The maximum Gasteiger partial charge on any atom is 0.0898 e. The molecule has 90 valence electrons. The Hall–Kier alpha value is -1.19. The summed E-state index contributed by atoms with van der Waals surface area (Å²) in [5.74, 6) is 0. The average Bonchev–Trinajstić information content (AvgIpc) is 2.78. The summed E-state index contributed by atoms with van der Waals surface area (Å²) >= 11 is 1.72. The van der Waals surface area contributed by atoms with E-state index in [1.54, 1.807) is 11.3 Å². The van der Waals surface area contributed by atoms with Crippen LogP contribution in [0.2, 0.25) is 0 Å². The van der Waals surface area contributed by atoms with Gasteiger partial charge in [-0.1, -0.05) is 30.3 Å². The Labute approximate surface area is 107 Å². The predicted octanol–water partition coefficient (Wildman–Crippen LogP) is 3.34. The van der Waals surface area contributed by atoms with E-state index in [1.807, 2.05) is 7.05 Å². The molecule has 1 aromatic carbocycles. The minimum absolute atomic E-state index is 0.361. The molecule has 2 aromatic rings. The van der Waals surface area contributed by atoms with Crippen molar-refractivity contribution in [1.29, 1.82) is 0 Å². The molecule has 0 amide bonds. The molecule has 1 N–H and O–H groups in total. The zero-order valence-corrected chi connectivity index (χ0v) is 11.1. The summed E-state index contributed by atoms with van der Waals surface area (Å²) in [6, 6.07) is 11.0. The molecule has 1 heterocycles. The zero-order chi connectivity index (χ0) is 12.1. The Kier molecular flexibility index (Phi) is 4.29. The number of thiazole rings is 1. The minimum atomic E-state index is 0.361. The van der Waals surface area contributed by atoms with Crippen molar-refractivity contribution in [2.24, 2.45) is 0 Å². The summed E-state index contributed by atoms with van der Waals surface area (Å²) in [5.41, 5.74) is 2.56. The monoisotopic (exact) mass is 246 g/mol. The Morgan fingerprint density at radius 1 is 1.29 bits per heavy atom. The average molecular weight is 246 g/mol. The Balaban J connectivity index is 1.97. The standard InChI is InChI=1S/C14H18N2S/c1-11-16-14(10-17-11)13(15-2)9-8-12-6-4-3-5-7-12/h3-7,10,13,15H,8-9H2,1-2H3. The fourth-order valence-electron chi connectivity index (χ4n) is 1.94. The maximum absolute atomic E-state index is 4.55. The van der Waals surface area contributed by atoms with Gasteiger partial charge in [-0.3, -0.25) is 0 Å². The summed E-state index contributed by atoms with van der Waals surface area (Å²) < 4.78 is 0. The first-order chi connectivity index (χ1) is 8.29. The van der Waals surface area contributed by atoms with Crippen LogP contribution in [0.15, 0.2) is 35.7 Å². The molecule has 0 aliphatic rings. The van der Waals surface area contributed by atoms with Gasteiger partial charge in [-0.05, 0) is 32.4 Å². The van der Waals surface area contributed by atoms with E-state index in [0.29, 0.717) is 6.04 Å². The van der Waals surface area contributed by atoms with Crippen molar-refractivity contribution in [3.8, 4) is 0 Å². The second-order valence-corrected chi connectivity index (χ2v) is 5.22. The normalized spacial score (nSPS) is 12.6. The smallest absolute Gasteiger partial charge is 0.0898 e. The number of benzene rings is 1. The number of nitrogens with one attached hydrogen (secondary N) is 1. The van der Waals surface area contributed by atoms with Crippen LogP contribution in [0.4, 0.5) is 0 Å². The van der Waals surface area contributed by atoms with Crippen molar-refractivity contribution in [2.75, 3.05) is 7.05 Å². The number of aromatic nitrogens is 1. The molecule has 1 atom stereocenters. The van der Waals surface area contributed by atoms with Gasteiger partial charge in [0.15, 0.2) is 0 Å². The molecule has 1 unspecified atom stereocenters. The van der Waals surface area contributed by atoms with Crippen LogP contribution in [0, 0.1) is 6.92 Å². The van der Waals surface area contributed by atoms with Crippen LogP contribution in [0.25, 0.3) is 0 Å². The molecule has 0 fully saturated rings. The molecular weight excluding hydrogens is 228 g/mol. The highest BCUT2D eigenvalue weighted by Crippen LogP contribution is 2.20. The highest BCUT2D eigenvalue weighted by Gasteiger charge is 2.11. The Morgan fingerprint density at radius 3 is 2.65 bits per heavy atom. The van der Waals surface area contributed by atoms with Crippen LogP contribution in [-0.2, 0) is 6.42 Å². The first-order valence-electron chi connectivity index (χ1n) is 5.93. The summed E-state index contributed by atoms with van der Waals surface area (Å²) in [6.45, 7) is 2.05. The SMILES string of the molecule is CNC(CCc1ccccc1)c1csc(C)n1. The summed E-state index contributed by atoms with van der Waals surface area (Å²) in [5, 5.41) is 6.64. The molecule has 0 bridgehead atoms. The van der Waals surface area contributed by atoms with Gasteiger partial charge in [0.25, 0.3) is 0 Å². The summed E-state index contributed by atoms with van der Waals surface area (Å²) in [7, 11) is 2.00. The van der Waals surface area contributed by atoms with Gasteiger partial charge < -0.3 is 5.32 Å². The molecule has 3 heteroatoms. The van der Waals surface area contributed by atoms with Gasteiger partial charge in [0.1, 0.15) is 0 Å². The van der Waals surface area contributed by atoms with E-state index in [-0.39, 0.29) is 0 Å². The zero-order valence-electron chi connectivity index (χ0n) is 10.3. The van der Waals surface area contributed by atoms with E-state index in [2.05, 4.69) is 52.9 Å². The van der Waals surface area contributed by atoms with E-state index in [4.69, 9.17) is 0 Å². The van der Waals surface area contributed by atoms with Gasteiger partial charge in [-0.2, -0.15) is 0 Å². The third-order valence-electron chi connectivity index (χ3n) is 2.91. The van der Waals surface area contributed by atoms with E-state index >= 15 is 0 Å². The Morgan fingerprint density at radius 2 is 2.06 bits per heavy atom. The van der Waals surface area contributed by atoms with Crippen molar-refractivity contribution in [2.45, 2.75) is 25.8 Å². The van der Waals surface area contributed by atoms with Gasteiger partial charge in [0.05, 0.1) is 16.7 Å². The topological polar surface area (TPSA) is 24.9 Å². The highest BCUT2D eigenvalue weighted by atomic mass is 32.1. The first kappa shape index (κ1) is 12.3. The van der Waals surface area contributed by atoms with Crippen molar-refractivity contribution >= 4 is 11.3 Å². The summed E-state index contributed by atoms with van der Waals surface area (Å²) in [6.07, 6.45) is 2.17.